The molecule has 0 spiro atoms. The minimum Gasteiger partial charge on any atom is -0.382 e. The highest BCUT2D eigenvalue weighted by Crippen LogP contribution is 2.26. The van der Waals surface area contributed by atoms with Gasteiger partial charge in [-0.15, -0.1) is 0 Å². The molecule has 1 fully saturated rings. The molecule has 0 radical (unpaired) electrons. The van der Waals surface area contributed by atoms with Gasteiger partial charge < -0.3 is 20.7 Å². The predicted octanol–water partition coefficient (Wildman–Crippen LogP) is 2.05. The van der Waals surface area contributed by atoms with E-state index in [0.717, 1.165) is 39.0 Å². The topological polar surface area (TPSA) is 80.5 Å². The summed E-state index contributed by atoms with van der Waals surface area (Å²) in [5, 5.41) is 3.88. The fourth-order valence-electron chi connectivity index (χ4n) is 2.39. The van der Waals surface area contributed by atoms with Gasteiger partial charge in [0.05, 0.1) is 6.61 Å². The summed E-state index contributed by atoms with van der Waals surface area (Å²) in [4.78, 5) is 18.9. The third-order valence-electron chi connectivity index (χ3n) is 3.51. The number of hydrogen-bond acceptors (Lipinski definition) is 6. The van der Waals surface area contributed by atoms with E-state index in [1.54, 1.807) is 4.90 Å². The molecule has 21 heavy (non-hydrogen) atoms. The van der Waals surface area contributed by atoms with Crippen molar-refractivity contribution in [3.8, 4) is 0 Å². The van der Waals surface area contributed by atoms with Crippen LogP contribution in [0.1, 0.15) is 35.9 Å². The summed E-state index contributed by atoms with van der Waals surface area (Å²) in [6.07, 6.45) is 3.18. The third-order valence-corrected chi connectivity index (χ3v) is 4.52. The maximum absolute atomic E-state index is 12.5. The molecule has 1 atom stereocenters. The van der Waals surface area contributed by atoms with Gasteiger partial charge in [-0.25, -0.2) is 4.98 Å². The molecular weight excluding hydrogens is 288 g/mol. The predicted molar refractivity (Wildman–Crippen MR) is 85.8 cm³/mol. The van der Waals surface area contributed by atoms with Crippen LogP contribution in [0.4, 0.5) is 10.9 Å². The molecule has 1 saturated heterocycles. The van der Waals surface area contributed by atoms with Crippen molar-refractivity contribution in [1.82, 2.24) is 9.88 Å². The van der Waals surface area contributed by atoms with Crippen molar-refractivity contribution in [3.63, 3.8) is 0 Å². The van der Waals surface area contributed by atoms with E-state index in [1.807, 2.05) is 7.05 Å². The lowest BCUT2D eigenvalue weighted by Gasteiger charge is -2.26. The van der Waals surface area contributed by atoms with Crippen LogP contribution in [0, 0.1) is 5.92 Å². The highest BCUT2D eigenvalue weighted by Gasteiger charge is 2.23. The number of amides is 1. The van der Waals surface area contributed by atoms with Gasteiger partial charge in [-0.2, -0.15) is 0 Å². The van der Waals surface area contributed by atoms with Crippen LogP contribution >= 0.6 is 11.3 Å². The molecule has 1 aliphatic rings. The second kappa shape index (κ2) is 7.61. The number of nitrogens with one attached hydrogen (secondary N) is 1. The molecule has 0 aromatic carbocycles. The number of nitrogens with two attached hydrogens (primary N) is 1. The summed E-state index contributed by atoms with van der Waals surface area (Å²) in [5.74, 6) is 0.676. The first-order valence-electron chi connectivity index (χ1n) is 7.45. The average molecular weight is 312 g/mol. The van der Waals surface area contributed by atoms with Crippen LogP contribution in [0.3, 0.4) is 0 Å². The van der Waals surface area contributed by atoms with Crippen molar-refractivity contribution in [2.45, 2.75) is 26.2 Å². The number of hydrogen-bond donors (Lipinski definition) is 2. The van der Waals surface area contributed by atoms with E-state index in [-0.39, 0.29) is 5.91 Å². The number of anilines is 2. The van der Waals surface area contributed by atoms with E-state index in [2.05, 4.69) is 17.2 Å². The highest BCUT2D eigenvalue weighted by molar-refractivity contribution is 7.18. The molecule has 118 valence electrons. The second-order valence-corrected chi connectivity index (χ2v) is 6.43. The Labute approximate surface area is 129 Å². The lowest BCUT2D eigenvalue weighted by Crippen LogP contribution is -2.35. The van der Waals surface area contributed by atoms with Crippen molar-refractivity contribution in [1.29, 1.82) is 0 Å². The molecule has 0 saturated carbocycles. The van der Waals surface area contributed by atoms with Crippen molar-refractivity contribution < 1.29 is 9.53 Å². The van der Waals surface area contributed by atoms with Crippen molar-refractivity contribution in [3.05, 3.63) is 4.88 Å². The van der Waals surface area contributed by atoms with Crippen LogP contribution in [0.25, 0.3) is 0 Å². The monoisotopic (exact) mass is 312 g/mol. The first-order valence-corrected chi connectivity index (χ1v) is 8.26. The molecule has 2 heterocycles. The summed E-state index contributed by atoms with van der Waals surface area (Å²) in [7, 11) is 1.81. The molecule has 1 aromatic heterocycles. The third kappa shape index (κ3) is 4.31. The second-order valence-electron chi connectivity index (χ2n) is 5.43. The molecule has 6 nitrogen and oxygen atoms in total. The van der Waals surface area contributed by atoms with Gasteiger partial charge >= 0.3 is 0 Å². The van der Waals surface area contributed by atoms with Gasteiger partial charge in [0, 0.05) is 26.7 Å². The quantitative estimate of drug-likeness (QED) is 0.840. The van der Waals surface area contributed by atoms with Gasteiger partial charge in [-0.1, -0.05) is 18.3 Å². The summed E-state index contributed by atoms with van der Waals surface area (Å²) < 4.78 is 5.46. The number of carbonyl (C=O) groups is 1. The summed E-state index contributed by atoms with van der Waals surface area (Å²) in [6, 6.07) is 0. The van der Waals surface area contributed by atoms with Crippen LogP contribution < -0.4 is 11.1 Å². The molecule has 1 aromatic rings. The Morgan fingerprint density at radius 3 is 3.10 bits per heavy atom. The number of ether oxygens (including phenoxy) is 1. The Kier molecular flexibility index (Phi) is 5.81. The highest BCUT2D eigenvalue weighted by atomic mass is 32.1. The zero-order valence-electron chi connectivity index (χ0n) is 12.7. The van der Waals surface area contributed by atoms with Crippen molar-refractivity contribution >= 4 is 28.2 Å². The number of nitrogen functional groups attached to an aromatic ring is 1. The molecule has 7 heteroatoms. The van der Waals surface area contributed by atoms with E-state index in [0.29, 0.717) is 28.3 Å². The maximum Gasteiger partial charge on any atom is 0.267 e. The van der Waals surface area contributed by atoms with Gasteiger partial charge in [-0.3, -0.25) is 4.79 Å². The van der Waals surface area contributed by atoms with Gasteiger partial charge in [-0.05, 0) is 25.2 Å². The van der Waals surface area contributed by atoms with Crippen LogP contribution in [0.15, 0.2) is 0 Å². The molecule has 1 unspecified atom stereocenters. The van der Waals surface area contributed by atoms with Crippen LogP contribution in [0.5, 0.6) is 0 Å². The fourth-order valence-corrected chi connectivity index (χ4v) is 3.29. The molecule has 1 amide bonds. The van der Waals surface area contributed by atoms with Crippen molar-refractivity contribution in [2.24, 2.45) is 5.92 Å². The standard InChI is InChI=1S/C14H24N4O2S/c1-3-6-16-14-17-12(15)11(21-14)13(19)18(2)8-10-5-4-7-20-9-10/h10H,3-9,15H2,1-2H3,(H,16,17). The number of aromatic nitrogens is 1. The summed E-state index contributed by atoms with van der Waals surface area (Å²) >= 11 is 1.33. The number of rotatable bonds is 6. The Hall–Kier alpha value is -1.34. The van der Waals surface area contributed by atoms with Crippen LogP contribution in [0.2, 0.25) is 0 Å². The first-order chi connectivity index (χ1) is 10.1. The fraction of sp³-hybridized carbons (Fsp3) is 0.714. The Balaban J connectivity index is 1.96. The average Bonchev–Trinajstić information content (AvgIpc) is 2.86. The normalized spacial score (nSPS) is 18.5. The van der Waals surface area contributed by atoms with E-state index in [4.69, 9.17) is 10.5 Å². The van der Waals surface area contributed by atoms with Gasteiger partial charge in [0.15, 0.2) is 5.13 Å². The van der Waals surface area contributed by atoms with Crippen LogP contribution in [-0.2, 0) is 4.74 Å². The minimum absolute atomic E-state index is 0.0554. The minimum atomic E-state index is -0.0554. The van der Waals surface area contributed by atoms with E-state index < -0.39 is 0 Å². The van der Waals surface area contributed by atoms with Gasteiger partial charge in [0.25, 0.3) is 5.91 Å². The van der Waals surface area contributed by atoms with Crippen molar-refractivity contribution in [2.75, 3.05) is 44.4 Å². The van der Waals surface area contributed by atoms with Gasteiger partial charge in [0.2, 0.25) is 0 Å². The number of carbonyl (C=O) groups excluding carboxylic acids is 1. The Morgan fingerprint density at radius 1 is 1.62 bits per heavy atom. The van der Waals surface area contributed by atoms with Gasteiger partial charge in [0.1, 0.15) is 10.7 Å². The lowest BCUT2D eigenvalue weighted by molar-refractivity contribution is 0.0390. The van der Waals surface area contributed by atoms with E-state index >= 15 is 0 Å². The maximum atomic E-state index is 12.5. The number of thiazole rings is 1. The molecule has 0 bridgehead atoms. The Morgan fingerprint density at radius 2 is 2.43 bits per heavy atom. The molecule has 1 aliphatic heterocycles. The van der Waals surface area contributed by atoms with Crippen LogP contribution in [-0.4, -0.2) is 49.1 Å². The first kappa shape index (κ1) is 16.0. The van der Waals surface area contributed by atoms with E-state index in [9.17, 15) is 4.79 Å². The van der Waals surface area contributed by atoms with E-state index in [1.165, 1.54) is 11.3 Å². The lowest BCUT2D eigenvalue weighted by atomic mass is 10.0. The smallest absolute Gasteiger partial charge is 0.267 e. The molecular formula is C14H24N4O2S. The zero-order chi connectivity index (χ0) is 15.2. The summed E-state index contributed by atoms with van der Waals surface area (Å²) in [6.45, 7) is 5.18. The Bertz CT molecular complexity index is 472. The zero-order valence-corrected chi connectivity index (χ0v) is 13.5. The molecule has 2 rings (SSSR count). The largest absolute Gasteiger partial charge is 0.382 e. The molecule has 0 aliphatic carbocycles. The molecule has 3 N–H and O–H groups in total. The summed E-state index contributed by atoms with van der Waals surface area (Å²) in [5.41, 5.74) is 5.87. The SMILES string of the molecule is CCCNc1nc(N)c(C(=O)N(C)CC2CCCOC2)s1. The number of nitrogens with zero attached hydrogens (tertiary/aromatic N) is 2.